The van der Waals surface area contributed by atoms with Gasteiger partial charge in [0.2, 0.25) is 0 Å². The van der Waals surface area contributed by atoms with Crippen LogP contribution in [-0.2, 0) is 13.5 Å². The Balaban J connectivity index is 2.14. The number of nitrogens with one attached hydrogen (secondary N) is 1. The molecule has 0 bridgehead atoms. The van der Waals surface area contributed by atoms with Crippen molar-refractivity contribution in [2.75, 3.05) is 5.32 Å². The lowest BCUT2D eigenvalue weighted by atomic mass is 10.2. The van der Waals surface area contributed by atoms with Gasteiger partial charge in [-0.2, -0.15) is 5.10 Å². The molecule has 0 radical (unpaired) electrons. The van der Waals surface area contributed by atoms with E-state index < -0.39 is 5.97 Å². The van der Waals surface area contributed by atoms with Crippen molar-refractivity contribution in [2.45, 2.75) is 13.3 Å². The number of amides is 1. The Morgan fingerprint density at radius 1 is 1.30 bits per heavy atom. The maximum absolute atomic E-state index is 12.1. The third kappa shape index (κ3) is 2.85. The Morgan fingerprint density at radius 3 is 2.45 bits per heavy atom. The van der Waals surface area contributed by atoms with Gasteiger partial charge < -0.3 is 10.4 Å². The van der Waals surface area contributed by atoms with Crippen LogP contribution in [0.3, 0.4) is 0 Å². The minimum Gasteiger partial charge on any atom is -0.478 e. The summed E-state index contributed by atoms with van der Waals surface area (Å²) in [6.45, 7) is 1.97. The largest absolute Gasteiger partial charge is 0.478 e. The van der Waals surface area contributed by atoms with Crippen LogP contribution in [0.4, 0.5) is 5.69 Å². The zero-order chi connectivity index (χ0) is 14.7. The van der Waals surface area contributed by atoms with Crippen LogP contribution in [0, 0.1) is 0 Å². The molecule has 0 atom stereocenters. The predicted octanol–water partition coefficient (Wildman–Crippen LogP) is 1.93. The van der Waals surface area contributed by atoms with E-state index in [4.69, 9.17) is 5.11 Å². The highest BCUT2D eigenvalue weighted by atomic mass is 16.4. The monoisotopic (exact) mass is 273 g/mol. The van der Waals surface area contributed by atoms with Gasteiger partial charge in [-0.15, -0.1) is 0 Å². The standard InChI is InChI=1S/C14H15N3O3/c1-3-10-8-12(17(2)16-10)13(18)15-11-6-4-9(5-7-11)14(19)20/h4-8H,3H2,1-2H3,(H,15,18)(H,19,20). The molecule has 0 unspecified atom stereocenters. The molecule has 20 heavy (non-hydrogen) atoms. The lowest BCUT2D eigenvalue weighted by molar-refractivity contribution is 0.0696. The number of carbonyl (C=O) groups is 2. The van der Waals surface area contributed by atoms with Crippen LogP contribution in [0.25, 0.3) is 0 Å². The molecule has 0 aliphatic carbocycles. The van der Waals surface area contributed by atoms with E-state index in [1.165, 1.54) is 16.8 Å². The number of anilines is 1. The van der Waals surface area contributed by atoms with E-state index in [2.05, 4.69) is 10.4 Å². The van der Waals surface area contributed by atoms with Crippen LogP contribution in [0.15, 0.2) is 30.3 Å². The molecule has 0 fully saturated rings. The number of hydrogen-bond acceptors (Lipinski definition) is 3. The van der Waals surface area contributed by atoms with Gasteiger partial charge in [0, 0.05) is 12.7 Å². The van der Waals surface area contributed by atoms with Crippen LogP contribution >= 0.6 is 0 Å². The number of aromatic nitrogens is 2. The second kappa shape index (κ2) is 5.56. The second-order valence-electron chi connectivity index (χ2n) is 4.33. The van der Waals surface area contributed by atoms with Crippen molar-refractivity contribution in [3.63, 3.8) is 0 Å². The molecule has 2 aromatic rings. The van der Waals surface area contributed by atoms with E-state index in [0.29, 0.717) is 11.4 Å². The first-order valence-corrected chi connectivity index (χ1v) is 6.19. The number of carboxylic acid groups (broad SMARTS) is 1. The Hall–Kier alpha value is -2.63. The van der Waals surface area contributed by atoms with Crippen LogP contribution in [-0.4, -0.2) is 26.8 Å². The molecule has 0 saturated carbocycles. The van der Waals surface area contributed by atoms with E-state index in [1.807, 2.05) is 6.92 Å². The third-order valence-electron chi connectivity index (χ3n) is 2.92. The third-order valence-corrected chi connectivity index (χ3v) is 2.92. The molecule has 1 heterocycles. The smallest absolute Gasteiger partial charge is 0.335 e. The molecule has 0 spiro atoms. The Bertz CT molecular complexity index is 644. The number of carboxylic acids is 1. The number of aromatic carboxylic acids is 1. The summed E-state index contributed by atoms with van der Waals surface area (Å²) in [6, 6.07) is 7.73. The lowest BCUT2D eigenvalue weighted by Crippen LogP contribution is -2.16. The van der Waals surface area contributed by atoms with Crippen LogP contribution in [0.2, 0.25) is 0 Å². The van der Waals surface area contributed by atoms with Crippen molar-refractivity contribution >= 4 is 17.6 Å². The first kappa shape index (κ1) is 13.8. The van der Waals surface area contributed by atoms with E-state index in [1.54, 1.807) is 25.2 Å². The minimum absolute atomic E-state index is 0.178. The van der Waals surface area contributed by atoms with E-state index >= 15 is 0 Å². The first-order valence-electron chi connectivity index (χ1n) is 6.19. The molecular weight excluding hydrogens is 258 g/mol. The fraction of sp³-hybridized carbons (Fsp3) is 0.214. The zero-order valence-corrected chi connectivity index (χ0v) is 11.3. The maximum atomic E-state index is 12.1. The molecule has 2 N–H and O–H groups in total. The molecule has 104 valence electrons. The van der Waals surface area contributed by atoms with Gasteiger partial charge in [0.05, 0.1) is 11.3 Å². The highest BCUT2D eigenvalue weighted by molar-refractivity contribution is 6.03. The highest BCUT2D eigenvalue weighted by Gasteiger charge is 2.13. The summed E-state index contributed by atoms with van der Waals surface area (Å²) < 4.78 is 1.53. The summed E-state index contributed by atoms with van der Waals surface area (Å²) in [5.74, 6) is -1.27. The Kier molecular flexibility index (Phi) is 3.84. The molecule has 1 amide bonds. The Morgan fingerprint density at radius 2 is 1.95 bits per heavy atom. The van der Waals surface area contributed by atoms with Gasteiger partial charge in [0.25, 0.3) is 5.91 Å². The van der Waals surface area contributed by atoms with Crippen molar-refractivity contribution in [1.82, 2.24) is 9.78 Å². The number of rotatable bonds is 4. The summed E-state index contributed by atoms with van der Waals surface area (Å²) in [4.78, 5) is 22.8. The van der Waals surface area contributed by atoms with Gasteiger partial charge in [-0.1, -0.05) is 6.92 Å². The average molecular weight is 273 g/mol. The van der Waals surface area contributed by atoms with Crippen molar-refractivity contribution in [2.24, 2.45) is 7.05 Å². The van der Waals surface area contributed by atoms with Crippen molar-refractivity contribution < 1.29 is 14.7 Å². The first-order chi connectivity index (χ1) is 9.51. The molecular formula is C14H15N3O3. The molecule has 6 nitrogen and oxygen atoms in total. The van der Waals surface area contributed by atoms with Gasteiger partial charge >= 0.3 is 5.97 Å². The predicted molar refractivity (Wildman–Crippen MR) is 73.9 cm³/mol. The second-order valence-corrected chi connectivity index (χ2v) is 4.33. The Labute approximate surface area is 116 Å². The maximum Gasteiger partial charge on any atom is 0.335 e. The van der Waals surface area contributed by atoms with Gasteiger partial charge in [0.15, 0.2) is 0 Å². The molecule has 6 heteroatoms. The lowest BCUT2D eigenvalue weighted by Gasteiger charge is -2.05. The topological polar surface area (TPSA) is 84.2 Å². The summed E-state index contributed by atoms with van der Waals surface area (Å²) in [5, 5.41) is 15.7. The fourth-order valence-corrected chi connectivity index (χ4v) is 1.80. The molecule has 0 aliphatic rings. The SMILES string of the molecule is CCc1cc(C(=O)Nc2ccc(C(=O)O)cc2)n(C)n1. The zero-order valence-electron chi connectivity index (χ0n) is 11.3. The average Bonchev–Trinajstić information content (AvgIpc) is 2.80. The van der Waals surface area contributed by atoms with Crippen molar-refractivity contribution in [3.05, 3.63) is 47.3 Å². The molecule has 1 aromatic carbocycles. The summed E-state index contributed by atoms with van der Waals surface area (Å²) in [6.07, 6.45) is 0.758. The molecule has 0 saturated heterocycles. The highest BCUT2D eigenvalue weighted by Crippen LogP contribution is 2.12. The molecule has 0 aliphatic heterocycles. The number of hydrogen-bond donors (Lipinski definition) is 2. The van der Waals surface area contributed by atoms with Gasteiger partial charge in [-0.3, -0.25) is 9.48 Å². The van der Waals surface area contributed by atoms with Crippen LogP contribution < -0.4 is 5.32 Å². The van der Waals surface area contributed by atoms with Gasteiger partial charge in [-0.25, -0.2) is 4.79 Å². The van der Waals surface area contributed by atoms with E-state index in [0.717, 1.165) is 12.1 Å². The summed E-state index contributed by atoms with van der Waals surface area (Å²) in [7, 11) is 1.71. The van der Waals surface area contributed by atoms with Gasteiger partial charge in [-0.05, 0) is 36.8 Å². The fourth-order valence-electron chi connectivity index (χ4n) is 1.80. The minimum atomic E-state index is -0.998. The number of carbonyl (C=O) groups excluding carboxylic acids is 1. The van der Waals surface area contributed by atoms with Crippen LogP contribution in [0.5, 0.6) is 0 Å². The molecule has 2 rings (SSSR count). The van der Waals surface area contributed by atoms with Crippen molar-refractivity contribution in [3.8, 4) is 0 Å². The summed E-state index contributed by atoms with van der Waals surface area (Å²) in [5.41, 5.74) is 2.03. The van der Waals surface area contributed by atoms with E-state index in [-0.39, 0.29) is 11.5 Å². The normalized spacial score (nSPS) is 10.3. The van der Waals surface area contributed by atoms with E-state index in [9.17, 15) is 9.59 Å². The quantitative estimate of drug-likeness (QED) is 0.891. The van der Waals surface area contributed by atoms with Crippen LogP contribution in [0.1, 0.15) is 33.5 Å². The number of benzene rings is 1. The number of aryl methyl sites for hydroxylation is 2. The summed E-state index contributed by atoms with van der Waals surface area (Å²) >= 11 is 0. The molecule has 1 aromatic heterocycles. The number of nitrogens with zero attached hydrogens (tertiary/aromatic N) is 2. The van der Waals surface area contributed by atoms with Crippen molar-refractivity contribution in [1.29, 1.82) is 0 Å². The van der Waals surface area contributed by atoms with Gasteiger partial charge in [0.1, 0.15) is 5.69 Å².